The third kappa shape index (κ3) is 4.07. The summed E-state index contributed by atoms with van der Waals surface area (Å²) < 4.78 is 5.16. The normalized spacial score (nSPS) is 9.92. The van der Waals surface area contributed by atoms with E-state index in [2.05, 4.69) is 15.6 Å². The van der Waals surface area contributed by atoms with Crippen LogP contribution >= 0.6 is 0 Å². The lowest BCUT2D eigenvalue weighted by Crippen LogP contribution is -2.16. The molecular formula is C16H15N3O5. The molecular weight excluding hydrogens is 314 g/mol. The highest BCUT2D eigenvalue weighted by Gasteiger charge is 2.14. The van der Waals surface area contributed by atoms with E-state index in [9.17, 15) is 14.4 Å². The zero-order valence-electron chi connectivity index (χ0n) is 13.0. The monoisotopic (exact) mass is 329 g/mol. The Hall–Kier alpha value is -3.42. The number of aromatic nitrogens is 1. The van der Waals surface area contributed by atoms with Gasteiger partial charge in [0.05, 0.1) is 12.8 Å². The minimum absolute atomic E-state index is 0.0538. The molecule has 0 aliphatic rings. The number of hydrogen-bond donors (Lipinski definition) is 3. The lowest BCUT2D eigenvalue weighted by Gasteiger charge is -2.12. The minimum atomic E-state index is -1.23. The summed E-state index contributed by atoms with van der Waals surface area (Å²) in [6, 6.07) is 8.85. The molecule has 0 spiro atoms. The van der Waals surface area contributed by atoms with Gasteiger partial charge < -0.3 is 20.5 Å². The van der Waals surface area contributed by atoms with Crippen molar-refractivity contribution in [1.82, 2.24) is 4.98 Å². The maximum absolute atomic E-state index is 12.3. The Kier molecular flexibility index (Phi) is 5.10. The summed E-state index contributed by atoms with van der Waals surface area (Å²) in [4.78, 5) is 38.1. The lowest BCUT2D eigenvalue weighted by molar-refractivity contribution is -0.114. The van der Waals surface area contributed by atoms with Crippen LogP contribution in [0.15, 0.2) is 36.4 Å². The standard InChI is InChI=1S/C16H15N3O5/c1-9(20)17-10-6-7-14(24-2)13(8-10)19-15(21)11-4-3-5-12(18-11)16(22)23/h3-8H,1-2H3,(H,17,20)(H,19,21)(H,22,23). The van der Waals surface area contributed by atoms with Gasteiger partial charge in [-0.1, -0.05) is 6.07 Å². The van der Waals surface area contributed by atoms with Gasteiger partial charge in [-0.25, -0.2) is 9.78 Å². The average molecular weight is 329 g/mol. The van der Waals surface area contributed by atoms with E-state index in [-0.39, 0.29) is 17.3 Å². The average Bonchev–Trinajstić information content (AvgIpc) is 2.54. The maximum atomic E-state index is 12.3. The highest BCUT2D eigenvalue weighted by molar-refractivity contribution is 6.04. The molecule has 124 valence electrons. The number of aromatic carboxylic acids is 1. The van der Waals surface area contributed by atoms with Crippen LogP contribution in [-0.4, -0.2) is 35.0 Å². The first-order valence-corrected chi connectivity index (χ1v) is 6.88. The molecule has 0 saturated carbocycles. The number of carboxylic acid groups (broad SMARTS) is 1. The molecule has 0 aliphatic heterocycles. The molecule has 0 aliphatic carbocycles. The Labute approximate surface area is 137 Å². The van der Waals surface area contributed by atoms with Crippen molar-refractivity contribution in [2.24, 2.45) is 0 Å². The SMILES string of the molecule is COc1ccc(NC(C)=O)cc1NC(=O)c1cccc(C(=O)O)n1. The smallest absolute Gasteiger partial charge is 0.354 e. The maximum Gasteiger partial charge on any atom is 0.354 e. The molecule has 0 radical (unpaired) electrons. The van der Waals surface area contributed by atoms with E-state index in [1.807, 2.05) is 0 Å². The van der Waals surface area contributed by atoms with Gasteiger partial charge in [-0.3, -0.25) is 9.59 Å². The van der Waals surface area contributed by atoms with Gasteiger partial charge in [0.1, 0.15) is 17.1 Å². The highest BCUT2D eigenvalue weighted by atomic mass is 16.5. The largest absolute Gasteiger partial charge is 0.495 e. The Morgan fingerprint density at radius 2 is 1.79 bits per heavy atom. The highest BCUT2D eigenvalue weighted by Crippen LogP contribution is 2.28. The lowest BCUT2D eigenvalue weighted by atomic mass is 10.2. The van der Waals surface area contributed by atoms with Crippen molar-refractivity contribution in [2.45, 2.75) is 6.92 Å². The fourth-order valence-corrected chi connectivity index (χ4v) is 1.95. The third-order valence-corrected chi connectivity index (χ3v) is 2.97. The fourth-order valence-electron chi connectivity index (χ4n) is 1.95. The van der Waals surface area contributed by atoms with Crippen LogP contribution in [0.2, 0.25) is 0 Å². The summed E-state index contributed by atoms with van der Waals surface area (Å²) in [5.41, 5.74) is 0.505. The molecule has 0 atom stereocenters. The summed E-state index contributed by atoms with van der Waals surface area (Å²) in [5.74, 6) is -1.70. The number of carboxylic acids is 1. The topological polar surface area (TPSA) is 118 Å². The summed E-state index contributed by atoms with van der Waals surface area (Å²) >= 11 is 0. The van der Waals surface area contributed by atoms with Crippen molar-refractivity contribution in [1.29, 1.82) is 0 Å². The Morgan fingerprint density at radius 1 is 1.08 bits per heavy atom. The molecule has 1 heterocycles. The minimum Gasteiger partial charge on any atom is -0.495 e. The van der Waals surface area contributed by atoms with E-state index in [1.165, 1.54) is 38.3 Å². The number of methoxy groups -OCH3 is 1. The van der Waals surface area contributed by atoms with Crippen LogP contribution in [-0.2, 0) is 4.79 Å². The molecule has 0 bridgehead atoms. The van der Waals surface area contributed by atoms with Gasteiger partial charge >= 0.3 is 5.97 Å². The molecule has 24 heavy (non-hydrogen) atoms. The van der Waals surface area contributed by atoms with Crippen LogP contribution in [0.5, 0.6) is 5.75 Å². The fraction of sp³-hybridized carbons (Fsp3) is 0.125. The molecule has 1 aromatic heterocycles. The van der Waals surface area contributed by atoms with E-state index in [4.69, 9.17) is 9.84 Å². The second-order valence-corrected chi connectivity index (χ2v) is 4.76. The summed E-state index contributed by atoms with van der Waals surface area (Å²) in [6.07, 6.45) is 0. The molecule has 0 saturated heterocycles. The first-order valence-electron chi connectivity index (χ1n) is 6.88. The molecule has 2 amide bonds. The summed E-state index contributed by atoms with van der Waals surface area (Å²) in [6.45, 7) is 1.36. The van der Waals surface area contributed by atoms with Crippen molar-refractivity contribution in [3.63, 3.8) is 0 Å². The molecule has 1 aromatic carbocycles. The van der Waals surface area contributed by atoms with Crippen LogP contribution < -0.4 is 15.4 Å². The molecule has 2 rings (SSSR count). The molecule has 8 heteroatoms. The van der Waals surface area contributed by atoms with Crippen LogP contribution in [0.25, 0.3) is 0 Å². The number of amides is 2. The van der Waals surface area contributed by atoms with Crippen molar-refractivity contribution < 1.29 is 24.2 Å². The van der Waals surface area contributed by atoms with Crippen LogP contribution in [0, 0.1) is 0 Å². The predicted molar refractivity (Wildman–Crippen MR) is 86.4 cm³/mol. The molecule has 2 aromatic rings. The second kappa shape index (κ2) is 7.23. The summed E-state index contributed by atoms with van der Waals surface area (Å²) in [7, 11) is 1.44. The summed E-state index contributed by atoms with van der Waals surface area (Å²) in [5, 5.41) is 14.1. The number of nitrogens with one attached hydrogen (secondary N) is 2. The predicted octanol–water partition coefficient (Wildman–Crippen LogP) is 2.00. The zero-order valence-corrected chi connectivity index (χ0v) is 13.0. The zero-order chi connectivity index (χ0) is 17.7. The number of hydrogen-bond acceptors (Lipinski definition) is 5. The molecule has 0 unspecified atom stereocenters. The van der Waals surface area contributed by atoms with Crippen molar-refractivity contribution >= 4 is 29.2 Å². The van der Waals surface area contributed by atoms with Gasteiger partial charge in [-0.2, -0.15) is 0 Å². The van der Waals surface area contributed by atoms with E-state index < -0.39 is 11.9 Å². The van der Waals surface area contributed by atoms with E-state index >= 15 is 0 Å². The van der Waals surface area contributed by atoms with Crippen molar-refractivity contribution in [2.75, 3.05) is 17.7 Å². The number of anilines is 2. The quantitative estimate of drug-likeness (QED) is 0.772. The van der Waals surface area contributed by atoms with Crippen LogP contribution in [0.4, 0.5) is 11.4 Å². The van der Waals surface area contributed by atoms with Gasteiger partial charge in [0.15, 0.2) is 0 Å². The van der Waals surface area contributed by atoms with Gasteiger partial charge in [0.2, 0.25) is 5.91 Å². The number of pyridine rings is 1. The number of carbonyl (C=O) groups excluding carboxylic acids is 2. The van der Waals surface area contributed by atoms with Gasteiger partial charge in [0.25, 0.3) is 5.91 Å². The van der Waals surface area contributed by atoms with Gasteiger partial charge in [0, 0.05) is 12.6 Å². The number of rotatable bonds is 5. The van der Waals surface area contributed by atoms with E-state index in [0.29, 0.717) is 17.1 Å². The van der Waals surface area contributed by atoms with Crippen molar-refractivity contribution in [3.8, 4) is 5.75 Å². The third-order valence-electron chi connectivity index (χ3n) is 2.97. The van der Waals surface area contributed by atoms with Gasteiger partial charge in [-0.05, 0) is 30.3 Å². The number of carbonyl (C=O) groups is 3. The van der Waals surface area contributed by atoms with E-state index in [1.54, 1.807) is 12.1 Å². The molecule has 0 fully saturated rings. The Balaban J connectivity index is 2.28. The Bertz CT molecular complexity index is 804. The van der Waals surface area contributed by atoms with E-state index in [0.717, 1.165) is 0 Å². The molecule has 3 N–H and O–H groups in total. The Morgan fingerprint density at radius 3 is 2.42 bits per heavy atom. The number of benzene rings is 1. The van der Waals surface area contributed by atoms with Crippen molar-refractivity contribution in [3.05, 3.63) is 47.8 Å². The first-order chi connectivity index (χ1) is 11.4. The van der Waals surface area contributed by atoms with Crippen LogP contribution in [0.1, 0.15) is 27.9 Å². The first kappa shape index (κ1) is 16.9. The number of nitrogens with zero attached hydrogens (tertiary/aromatic N) is 1. The number of ether oxygens (including phenoxy) is 1. The van der Waals surface area contributed by atoms with Crippen LogP contribution in [0.3, 0.4) is 0 Å². The second-order valence-electron chi connectivity index (χ2n) is 4.76. The van der Waals surface area contributed by atoms with Gasteiger partial charge in [-0.15, -0.1) is 0 Å². The molecule has 8 nitrogen and oxygen atoms in total.